The Labute approximate surface area is 181 Å². The summed E-state index contributed by atoms with van der Waals surface area (Å²) < 4.78 is 11.3. The number of amides is 1. The third kappa shape index (κ3) is 5.22. The molecule has 1 fully saturated rings. The molecule has 162 valence electrons. The number of anilines is 2. The van der Waals surface area contributed by atoms with Gasteiger partial charge in [-0.3, -0.25) is 9.69 Å². The van der Waals surface area contributed by atoms with Gasteiger partial charge in [0.1, 0.15) is 5.75 Å². The van der Waals surface area contributed by atoms with Gasteiger partial charge in [0.2, 0.25) is 5.91 Å². The number of nitrogens with one attached hydrogen (secondary N) is 1. The summed E-state index contributed by atoms with van der Waals surface area (Å²) in [6.45, 7) is 5.12. The van der Waals surface area contributed by atoms with E-state index in [-0.39, 0.29) is 0 Å². The van der Waals surface area contributed by atoms with Crippen LogP contribution in [0.15, 0.2) is 53.1 Å². The van der Waals surface area contributed by atoms with Crippen LogP contribution in [0, 0.1) is 0 Å². The van der Waals surface area contributed by atoms with E-state index in [4.69, 9.17) is 14.9 Å². The van der Waals surface area contributed by atoms with Gasteiger partial charge in [0.25, 0.3) is 6.01 Å². The molecule has 31 heavy (non-hydrogen) atoms. The first-order valence-corrected chi connectivity index (χ1v) is 10.2. The minimum absolute atomic E-state index is 0.382. The fraction of sp³-hybridized carbons (Fsp3) is 0.304. The van der Waals surface area contributed by atoms with Crippen molar-refractivity contribution in [1.29, 1.82) is 0 Å². The van der Waals surface area contributed by atoms with Crippen LogP contribution in [0.2, 0.25) is 0 Å². The Morgan fingerprint density at radius 1 is 1.16 bits per heavy atom. The highest BCUT2D eigenvalue weighted by atomic mass is 16.5. The molecule has 0 bridgehead atoms. The fourth-order valence-electron chi connectivity index (χ4n) is 3.59. The molecule has 8 nitrogen and oxygen atoms in total. The molecule has 0 saturated carbocycles. The van der Waals surface area contributed by atoms with Gasteiger partial charge in [-0.25, -0.2) is 4.98 Å². The highest BCUT2D eigenvalue weighted by molar-refractivity contribution is 5.93. The molecule has 0 radical (unpaired) electrons. The molecule has 1 aliphatic rings. The van der Waals surface area contributed by atoms with E-state index < -0.39 is 5.91 Å². The number of ether oxygens (including phenoxy) is 1. The monoisotopic (exact) mass is 421 g/mol. The number of primary amides is 1. The van der Waals surface area contributed by atoms with Crippen LogP contribution < -0.4 is 15.8 Å². The van der Waals surface area contributed by atoms with Crippen molar-refractivity contribution in [2.45, 2.75) is 6.54 Å². The second kappa shape index (κ2) is 9.20. The highest BCUT2D eigenvalue weighted by Crippen LogP contribution is 2.28. The van der Waals surface area contributed by atoms with Crippen molar-refractivity contribution in [3.05, 3.63) is 59.8 Å². The van der Waals surface area contributed by atoms with Crippen LogP contribution in [0.1, 0.15) is 15.9 Å². The summed E-state index contributed by atoms with van der Waals surface area (Å²) in [4.78, 5) is 20.4. The maximum Gasteiger partial charge on any atom is 0.299 e. The number of benzene rings is 2. The number of methoxy groups -OCH3 is 1. The van der Waals surface area contributed by atoms with Crippen molar-refractivity contribution >= 4 is 17.6 Å². The molecule has 0 atom stereocenters. The molecule has 1 aliphatic heterocycles. The summed E-state index contributed by atoms with van der Waals surface area (Å²) >= 11 is 0. The summed E-state index contributed by atoms with van der Waals surface area (Å²) in [5, 5.41) is 3.22. The number of aromatic nitrogens is 1. The molecule has 1 aromatic heterocycles. The van der Waals surface area contributed by atoms with Gasteiger partial charge in [-0.05, 0) is 36.9 Å². The Morgan fingerprint density at radius 2 is 1.90 bits per heavy atom. The number of hydrogen-bond donors (Lipinski definition) is 2. The van der Waals surface area contributed by atoms with Crippen molar-refractivity contribution in [3.8, 4) is 17.1 Å². The molecule has 3 aromatic rings. The van der Waals surface area contributed by atoms with E-state index in [2.05, 4.69) is 39.3 Å². The molecular weight excluding hydrogens is 394 g/mol. The van der Waals surface area contributed by atoms with Crippen LogP contribution in [0.25, 0.3) is 11.3 Å². The van der Waals surface area contributed by atoms with Gasteiger partial charge in [0, 0.05) is 55.6 Å². The lowest BCUT2D eigenvalue weighted by molar-refractivity contribution is 0.100. The van der Waals surface area contributed by atoms with E-state index in [1.807, 2.05) is 6.07 Å². The summed E-state index contributed by atoms with van der Waals surface area (Å²) in [5.41, 5.74) is 8.57. The number of piperazine rings is 1. The van der Waals surface area contributed by atoms with Crippen LogP contribution in [0.4, 0.5) is 11.7 Å². The predicted octanol–water partition coefficient (Wildman–Crippen LogP) is 2.94. The predicted molar refractivity (Wildman–Crippen MR) is 120 cm³/mol. The fourth-order valence-corrected chi connectivity index (χ4v) is 3.59. The quantitative estimate of drug-likeness (QED) is 0.605. The number of carbonyl (C=O) groups is 1. The van der Waals surface area contributed by atoms with E-state index in [9.17, 15) is 4.79 Å². The first kappa shape index (κ1) is 20.9. The third-order valence-electron chi connectivity index (χ3n) is 5.41. The van der Waals surface area contributed by atoms with E-state index in [1.54, 1.807) is 37.6 Å². The number of likely N-dealkylation sites (N-methyl/N-ethyl adjacent to an activating group) is 1. The standard InChI is InChI=1S/C23H27N5O3/c1-27-7-9-28(10-8-27)15-16-11-19(13-20(12-16)30-2)26-23-25-14-21(31-23)17-3-5-18(6-4-17)22(24)29/h3-6,11-14H,7-10,15H2,1-2H3,(H2,24,29)(H,25,26). The number of carbonyl (C=O) groups excluding carboxylic acids is 1. The molecule has 4 rings (SSSR count). The van der Waals surface area contributed by atoms with E-state index in [0.29, 0.717) is 17.3 Å². The number of hydrogen-bond acceptors (Lipinski definition) is 7. The lowest BCUT2D eigenvalue weighted by Crippen LogP contribution is -2.43. The summed E-state index contributed by atoms with van der Waals surface area (Å²) in [7, 11) is 3.82. The maximum absolute atomic E-state index is 11.2. The van der Waals surface area contributed by atoms with E-state index >= 15 is 0 Å². The molecule has 2 heterocycles. The summed E-state index contributed by atoms with van der Waals surface area (Å²) in [5.74, 6) is 0.916. The highest BCUT2D eigenvalue weighted by Gasteiger charge is 2.15. The Balaban J connectivity index is 1.48. The van der Waals surface area contributed by atoms with Gasteiger partial charge in [0.15, 0.2) is 5.76 Å². The van der Waals surface area contributed by atoms with Crippen LogP contribution in [0.5, 0.6) is 5.75 Å². The largest absolute Gasteiger partial charge is 0.497 e. The molecule has 0 spiro atoms. The first-order valence-electron chi connectivity index (χ1n) is 10.2. The van der Waals surface area contributed by atoms with E-state index in [1.165, 1.54) is 5.56 Å². The summed E-state index contributed by atoms with van der Waals surface area (Å²) in [6.07, 6.45) is 1.65. The number of oxazole rings is 1. The maximum atomic E-state index is 11.2. The van der Waals surface area contributed by atoms with Crippen molar-refractivity contribution in [3.63, 3.8) is 0 Å². The molecular formula is C23H27N5O3. The molecule has 2 aromatic carbocycles. The Kier molecular flexibility index (Phi) is 6.20. The minimum Gasteiger partial charge on any atom is -0.497 e. The summed E-state index contributed by atoms with van der Waals surface area (Å²) in [6, 6.07) is 13.3. The zero-order valence-electron chi connectivity index (χ0n) is 17.8. The number of rotatable bonds is 7. The molecule has 0 unspecified atom stereocenters. The van der Waals surface area contributed by atoms with Crippen LogP contribution in [0.3, 0.4) is 0 Å². The van der Waals surface area contributed by atoms with Gasteiger partial charge in [-0.15, -0.1) is 0 Å². The molecule has 1 saturated heterocycles. The van der Waals surface area contributed by atoms with Crippen LogP contribution >= 0.6 is 0 Å². The Bertz CT molecular complexity index is 1040. The third-order valence-corrected chi connectivity index (χ3v) is 5.41. The molecule has 3 N–H and O–H groups in total. The van der Waals surface area contributed by atoms with Gasteiger partial charge in [-0.2, -0.15) is 0 Å². The molecule has 1 amide bonds. The zero-order chi connectivity index (χ0) is 21.8. The molecule has 0 aliphatic carbocycles. The first-order chi connectivity index (χ1) is 15.0. The normalized spacial score (nSPS) is 15.0. The average Bonchev–Trinajstić information content (AvgIpc) is 3.23. The Hall–Kier alpha value is -3.36. The van der Waals surface area contributed by atoms with Crippen molar-refractivity contribution in [2.24, 2.45) is 5.73 Å². The van der Waals surface area contributed by atoms with Crippen molar-refractivity contribution < 1.29 is 13.9 Å². The molecule has 8 heteroatoms. The SMILES string of the molecule is COc1cc(CN2CCN(C)CC2)cc(Nc2ncc(-c3ccc(C(N)=O)cc3)o2)c1. The lowest BCUT2D eigenvalue weighted by Gasteiger charge is -2.32. The Morgan fingerprint density at radius 3 is 2.58 bits per heavy atom. The van der Waals surface area contributed by atoms with E-state index in [0.717, 1.165) is 49.7 Å². The second-order valence-electron chi connectivity index (χ2n) is 7.75. The van der Waals surface area contributed by atoms with Crippen molar-refractivity contribution in [1.82, 2.24) is 14.8 Å². The van der Waals surface area contributed by atoms with Crippen molar-refractivity contribution in [2.75, 3.05) is 45.7 Å². The smallest absolute Gasteiger partial charge is 0.299 e. The van der Waals surface area contributed by atoms with Gasteiger partial charge in [0.05, 0.1) is 13.3 Å². The van der Waals surface area contributed by atoms with Crippen LogP contribution in [-0.2, 0) is 6.54 Å². The van der Waals surface area contributed by atoms with Gasteiger partial charge < -0.3 is 25.1 Å². The topological polar surface area (TPSA) is 96.9 Å². The zero-order valence-corrected chi connectivity index (χ0v) is 17.8. The second-order valence-corrected chi connectivity index (χ2v) is 7.75. The van der Waals surface area contributed by atoms with Gasteiger partial charge >= 0.3 is 0 Å². The minimum atomic E-state index is -0.461. The van der Waals surface area contributed by atoms with Crippen LogP contribution in [-0.4, -0.2) is 61.0 Å². The average molecular weight is 422 g/mol. The lowest BCUT2D eigenvalue weighted by atomic mass is 10.1. The number of nitrogens with two attached hydrogens (primary N) is 1. The number of nitrogens with zero attached hydrogens (tertiary/aromatic N) is 3. The van der Waals surface area contributed by atoms with Gasteiger partial charge in [-0.1, -0.05) is 12.1 Å².